The third-order valence-electron chi connectivity index (χ3n) is 4.28. The first-order valence-corrected chi connectivity index (χ1v) is 9.72. The number of aromatic nitrogens is 2. The smallest absolute Gasteiger partial charge is 0.303 e. The molecule has 0 saturated heterocycles. The molecule has 0 bridgehead atoms. The van der Waals surface area contributed by atoms with Gasteiger partial charge in [0.2, 0.25) is 11.9 Å². The molecule has 0 spiro atoms. The molecule has 14 heteroatoms. The van der Waals surface area contributed by atoms with Crippen molar-refractivity contribution in [3.63, 3.8) is 0 Å². The molecule has 1 N–H and O–H groups in total. The van der Waals surface area contributed by atoms with Crippen LogP contribution in [0.4, 0.5) is 5.69 Å². The lowest BCUT2D eigenvalue weighted by molar-refractivity contribution is -0.384. The maximum atomic E-state index is 13.4. The van der Waals surface area contributed by atoms with Gasteiger partial charge < -0.3 is 18.9 Å². The predicted molar refractivity (Wildman–Crippen MR) is 110 cm³/mol. The standard InChI is InChI=1S/C20H21N3O11/c1-9(24)31-8-16(32-10(2)25)19(33-11(3)26)20(34-12(4)27)18(28)17-14-7-13(23(29)30)5-6-15(14)21-22-17/h5-7,16,19-20H,8H2,1-4H3,(H,21,22)/t16-,19-,20+/m1/s1. The van der Waals surface area contributed by atoms with Crippen LogP contribution in [0.25, 0.3) is 10.9 Å². The van der Waals surface area contributed by atoms with Gasteiger partial charge in [-0.2, -0.15) is 5.10 Å². The molecular formula is C20H21N3O11. The Hall–Kier alpha value is -4.36. The van der Waals surface area contributed by atoms with Crippen molar-refractivity contribution >= 4 is 46.3 Å². The molecule has 14 nitrogen and oxygen atoms in total. The van der Waals surface area contributed by atoms with Crippen molar-refractivity contribution < 1.29 is 47.8 Å². The van der Waals surface area contributed by atoms with Gasteiger partial charge in [-0.15, -0.1) is 0 Å². The number of non-ortho nitro benzene ring substituents is 1. The number of ketones is 1. The summed E-state index contributed by atoms with van der Waals surface area (Å²) >= 11 is 0. The molecule has 0 amide bonds. The van der Waals surface area contributed by atoms with E-state index in [1.165, 1.54) is 12.1 Å². The van der Waals surface area contributed by atoms with E-state index in [1.54, 1.807) is 0 Å². The molecule has 1 aromatic heterocycles. The van der Waals surface area contributed by atoms with Crippen LogP contribution in [-0.2, 0) is 38.1 Å². The summed E-state index contributed by atoms with van der Waals surface area (Å²) in [6.45, 7) is 3.43. The number of ether oxygens (including phenoxy) is 4. The molecule has 3 atom stereocenters. The summed E-state index contributed by atoms with van der Waals surface area (Å²) in [6, 6.07) is 3.60. The van der Waals surface area contributed by atoms with Crippen molar-refractivity contribution in [1.29, 1.82) is 0 Å². The van der Waals surface area contributed by atoms with Gasteiger partial charge in [0.25, 0.3) is 5.69 Å². The van der Waals surface area contributed by atoms with E-state index in [0.717, 1.165) is 33.8 Å². The number of H-pyrrole nitrogens is 1. The first-order chi connectivity index (χ1) is 15.9. The number of Topliss-reactive ketones (excluding diaryl/α,β-unsaturated/α-hetero) is 1. The summed E-state index contributed by atoms with van der Waals surface area (Å²) < 4.78 is 20.2. The number of rotatable bonds is 10. The van der Waals surface area contributed by atoms with E-state index in [-0.39, 0.29) is 22.3 Å². The molecule has 1 heterocycles. The highest BCUT2D eigenvalue weighted by Crippen LogP contribution is 2.26. The molecule has 0 radical (unpaired) electrons. The molecule has 0 unspecified atom stereocenters. The highest BCUT2D eigenvalue weighted by atomic mass is 16.6. The van der Waals surface area contributed by atoms with Gasteiger partial charge >= 0.3 is 23.9 Å². The van der Waals surface area contributed by atoms with Crippen LogP contribution in [0, 0.1) is 10.1 Å². The summed E-state index contributed by atoms with van der Waals surface area (Å²) in [6.07, 6.45) is -5.20. The summed E-state index contributed by atoms with van der Waals surface area (Å²) in [4.78, 5) is 70.4. The zero-order chi connectivity index (χ0) is 25.6. The number of benzene rings is 1. The number of aromatic amines is 1. The number of nitro benzene ring substituents is 1. The van der Waals surface area contributed by atoms with E-state index in [0.29, 0.717) is 0 Å². The third kappa shape index (κ3) is 6.57. The van der Waals surface area contributed by atoms with Crippen LogP contribution < -0.4 is 0 Å². The van der Waals surface area contributed by atoms with Crippen LogP contribution in [0.1, 0.15) is 38.2 Å². The minimum atomic E-state index is -1.91. The Balaban J connectivity index is 2.59. The Morgan fingerprint density at radius 2 is 1.59 bits per heavy atom. The molecular weight excluding hydrogens is 458 g/mol. The quantitative estimate of drug-likeness (QED) is 0.167. The lowest BCUT2D eigenvalue weighted by atomic mass is 9.99. The number of carbonyl (C=O) groups is 5. The summed E-state index contributed by atoms with van der Waals surface area (Å²) in [5.74, 6) is -4.55. The SMILES string of the molecule is CC(=O)OC[C@@H](OC(C)=O)[C@@H](OC(C)=O)[C@@H](OC(C)=O)C(=O)c1n[nH]c2ccc([N+](=O)[O-])cc12. The molecule has 0 aliphatic heterocycles. The van der Waals surface area contributed by atoms with E-state index in [9.17, 15) is 34.1 Å². The maximum Gasteiger partial charge on any atom is 0.303 e. The van der Waals surface area contributed by atoms with Crippen LogP contribution in [0.15, 0.2) is 18.2 Å². The van der Waals surface area contributed by atoms with Gasteiger partial charge in [0.15, 0.2) is 12.2 Å². The number of fused-ring (bicyclic) bond motifs is 1. The Kier molecular flexibility index (Phi) is 8.36. The van der Waals surface area contributed by atoms with Crippen LogP contribution >= 0.6 is 0 Å². The van der Waals surface area contributed by atoms with E-state index >= 15 is 0 Å². The fourth-order valence-electron chi connectivity index (χ4n) is 3.02. The monoisotopic (exact) mass is 479 g/mol. The number of nitrogens with one attached hydrogen (secondary N) is 1. The molecule has 0 fully saturated rings. The third-order valence-corrected chi connectivity index (χ3v) is 4.28. The van der Waals surface area contributed by atoms with Crippen molar-refractivity contribution in [2.24, 2.45) is 0 Å². The largest absolute Gasteiger partial charge is 0.462 e. The second-order valence-electron chi connectivity index (χ2n) is 6.98. The zero-order valence-corrected chi connectivity index (χ0v) is 18.6. The summed E-state index contributed by atoms with van der Waals surface area (Å²) in [5, 5.41) is 17.6. The number of esters is 4. The van der Waals surface area contributed by atoms with Gasteiger partial charge in [0, 0.05) is 45.2 Å². The number of hydrogen-bond acceptors (Lipinski definition) is 12. The Bertz CT molecular complexity index is 1140. The number of nitrogens with zero attached hydrogens (tertiary/aromatic N) is 2. The van der Waals surface area contributed by atoms with E-state index in [4.69, 9.17) is 18.9 Å². The van der Waals surface area contributed by atoms with Crippen LogP contribution in [0.3, 0.4) is 0 Å². The lowest BCUT2D eigenvalue weighted by Gasteiger charge is -2.30. The van der Waals surface area contributed by atoms with E-state index in [2.05, 4.69) is 10.2 Å². The summed E-state index contributed by atoms with van der Waals surface area (Å²) in [5.41, 5.74) is -0.441. The molecule has 2 rings (SSSR count). The van der Waals surface area contributed by atoms with Gasteiger partial charge in [0.05, 0.1) is 10.4 Å². The molecule has 34 heavy (non-hydrogen) atoms. The van der Waals surface area contributed by atoms with Crippen LogP contribution in [0.5, 0.6) is 0 Å². The maximum absolute atomic E-state index is 13.4. The molecule has 0 saturated carbocycles. The normalized spacial score (nSPS) is 13.3. The number of nitro groups is 1. The topological polar surface area (TPSA) is 194 Å². The fourth-order valence-corrected chi connectivity index (χ4v) is 3.02. The van der Waals surface area contributed by atoms with Gasteiger partial charge in [0.1, 0.15) is 12.3 Å². The fraction of sp³-hybridized carbons (Fsp3) is 0.400. The highest BCUT2D eigenvalue weighted by molar-refractivity contribution is 6.09. The summed E-state index contributed by atoms with van der Waals surface area (Å²) in [7, 11) is 0. The van der Waals surface area contributed by atoms with Gasteiger partial charge in [-0.05, 0) is 6.07 Å². The highest BCUT2D eigenvalue weighted by Gasteiger charge is 2.43. The first kappa shape index (κ1) is 25.9. The Morgan fingerprint density at radius 3 is 2.12 bits per heavy atom. The van der Waals surface area contributed by atoms with Crippen molar-refractivity contribution in [3.05, 3.63) is 34.0 Å². The van der Waals surface area contributed by atoms with Crippen LogP contribution in [0.2, 0.25) is 0 Å². The molecule has 182 valence electrons. The van der Waals surface area contributed by atoms with Crippen molar-refractivity contribution in [3.8, 4) is 0 Å². The molecule has 0 aliphatic carbocycles. The van der Waals surface area contributed by atoms with Crippen molar-refractivity contribution in [1.82, 2.24) is 10.2 Å². The predicted octanol–water partition coefficient (Wildman–Crippen LogP) is 1.01. The minimum absolute atomic E-state index is 0.0296. The van der Waals surface area contributed by atoms with Crippen LogP contribution in [-0.4, -0.2) is 69.7 Å². The average Bonchev–Trinajstić information content (AvgIpc) is 3.15. The van der Waals surface area contributed by atoms with E-state index in [1.807, 2.05) is 0 Å². The second kappa shape index (κ2) is 11.0. The first-order valence-electron chi connectivity index (χ1n) is 9.72. The Morgan fingerprint density at radius 1 is 0.971 bits per heavy atom. The molecule has 1 aromatic carbocycles. The average molecular weight is 479 g/mol. The lowest BCUT2D eigenvalue weighted by Crippen LogP contribution is -2.50. The minimum Gasteiger partial charge on any atom is -0.462 e. The second-order valence-corrected chi connectivity index (χ2v) is 6.98. The van der Waals surface area contributed by atoms with Gasteiger partial charge in [-0.1, -0.05) is 0 Å². The van der Waals surface area contributed by atoms with Crippen molar-refractivity contribution in [2.45, 2.75) is 46.0 Å². The van der Waals surface area contributed by atoms with E-state index < -0.39 is 59.5 Å². The van der Waals surface area contributed by atoms with Gasteiger partial charge in [-0.3, -0.25) is 39.2 Å². The van der Waals surface area contributed by atoms with Crippen molar-refractivity contribution in [2.75, 3.05) is 6.61 Å². The Labute approximate surface area is 191 Å². The number of hydrogen-bond donors (Lipinski definition) is 1. The zero-order valence-electron chi connectivity index (χ0n) is 18.6. The number of carbonyl (C=O) groups excluding carboxylic acids is 5. The molecule has 0 aliphatic rings. The molecule has 2 aromatic rings. The van der Waals surface area contributed by atoms with Gasteiger partial charge in [-0.25, -0.2) is 0 Å².